The van der Waals surface area contributed by atoms with Gasteiger partial charge in [-0.1, -0.05) is 60.1 Å². The summed E-state index contributed by atoms with van der Waals surface area (Å²) in [5.74, 6) is 51.5. The number of para-hydroxylation sites is 1. The van der Waals surface area contributed by atoms with Gasteiger partial charge in [0.2, 0.25) is 17.4 Å². The highest BCUT2D eigenvalue weighted by Gasteiger charge is 2.45. The van der Waals surface area contributed by atoms with Crippen molar-refractivity contribution < 1.29 is 4.58 Å². The Morgan fingerprint density at radius 3 is 1.81 bits per heavy atom. The molecule has 1 aliphatic heterocycles. The van der Waals surface area contributed by atoms with Gasteiger partial charge in [-0.05, 0) is 121 Å². The lowest BCUT2D eigenvalue weighted by Gasteiger charge is -2.19. The van der Waals surface area contributed by atoms with Gasteiger partial charge in [0.05, 0.1) is 11.3 Å². The van der Waals surface area contributed by atoms with Gasteiger partial charge in [0.1, 0.15) is 0 Å². The maximum Gasteiger partial charge on any atom is 0.243 e. The highest BCUT2D eigenvalue weighted by Crippen LogP contribution is 2.44. The lowest BCUT2D eigenvalue weighted by atomic mass is 9.79. The summed E-state index contributed by atoms with van der Waals surface area (Å²) in [5.41, 5.74) is 6.14. The van der Waals surface area contributed by atoms with Crippen LogP contribution < -0.4 is 5.32 Å². The van der Waals surface area contributed by atoms with Gasteiger partial charge in [-0.2, -0.15) is 0 Å². The Hall–Kier alpha value is -7.94. The molecule has 0 saturated heterocycles. The largest absolute Gasteiger partial charge is 0.361 e. The molecule has 0 amide bonds. The van der Waals surface area contributed by atoms with Gasteiger partial charge in [-0.3, -0.25) is 0 Å². The first kappa shape index (κ1) is 37.3. The van der Waals surface area contributed by atoms with Crippen molar-refractivity contribution in [3.8, 4) is 131 Å². The first-order chi connectivity index (χ1) is 26.5. The van der Waals surface area contributed by atoms with Crippen molar-refractivity contribution in [1.82, 2.24) is 0 Å². The number of halogens is 1. The summed E-state index contributed by atoms with van der Waals surface area (Å²) < 4.78 is 2.03. The van der Waals surface area contributed by atoms with Crippen molar-refractivity contribution in [3.63, 3.8) is 0 Å². The Kier molecular flexibility index (Phi) is 13.4. The lowest BCUT2D eigenvalue weighted by molar-refractivity contribution is -0.332. The van der Waals surface area contributed by atoms with Crippen LogP contribution in [0.3, 0.4) is 0 Å². The number of anilines is 1. The zero-order chi connectivity index (χ0) is 37.9. The molecule has 2 aliphatic rings. The SMILES string of the molecule is C#CC#CC#CC#CC#CC#CC#CC#CC#CC#CC#C[N+]1=C(/C=C/C2=C(Cl)C(=C/Nc3ccccc3)/CCC2)C(C)(C)c2c1ccc1ccccc21. The molecule has 0 bridgehead atoms. The molecule has 1 heterocycles. The van der Waals surface area contributed by atoms with E-state index in [-0.39, 0.29) is 5.41 Å². The summed E-state index contributed by atoms with van der Waals surface area (Å²) in [6, 6.07) is 26.1. The van der Waals surface area contributed by atoms with Crippen LogP contribution in [0.1, 0.15) is 38.7 Å². The lowest BCUT2D eigenvalue weighted by Crippen LogP contribution is -2.26. The second kappa shape index (κ2) is 19.5. The molecular formula is C51H28ClN2+. The van der Waals surface area contributed by atoms with Gasteiger partial charge in [0.25, 0.3) is 0 Å². The van der Waals surface area contributed by atoms with Crippen molar-refractivity contribution >= 4 is 39.5 Å². The second-order valence-electron chi connectivity index (χ2n) is 11.9. The number of nitrogens with one attached hydrogen (secondary N) is 1. The topological polar surface area (TPSA) is 15.0 Å². The number of benzene rings is 3. The molecule has 1 N–H and O–H groups in total. The van der Waals surface area contributed by atoms with E-state index < -0.39 is 0 Å². The fourth-order valence-corrected chi connectivity index (χ4v) is 6.07. The summed E-state index contributed by atoms with van der Waals surface area (Å²) in [5, 5.41) is 6.54. The van der Waals surface area contributed by atoms with Crippen molar-refractivity contribution in [2.75, 3.05) is 5.32 Å². The molecule has 0 saturated carbocycles. The standard InChI is InChI=1S/C51H27ClN2/c1-4-5-6-7-8-9-10-11-12-13-14-15-16-17-18-19-20-21-22-28-40-54-47-38-36-42-30-26-27-35-46(42)49(47)51(2,3)48(54)39-37-43-31-29-32-44(50(43)52)41-53-45-33-24-23-25-34-45/h1,23-27,30,33-39,41H,29,31-32H2,2-3H3/p+1. The van der Waals surface area contributed by atoms with E-state index in [1.807, 2.05) is 41.1 Å². The number of nitrogens with zero attached hydrogens (tertiary/aromatic N) is 1. The van der Waals surface area contributed by atoms with Gasteiger partial charge in [-0.15, -0.1) is 11.0 Å². The van der Waals surface area contributed by atoms with Gasteiger partial charge in [-0.25, -0.2) is 0 Å². The molecule has 2 nitrogen and oxygen atoms in total. The van der Waals surface area contributed by atoms with E-state index in [0.717, 1.165) is 52.5 Å². The average molecular weight is 704 g/mol. The van der Waals surface area contributed by atoms with E-state index in [4.69, 9.17) is 18.0 Å². The molecule has 0 radical (unpaired) electrons. The van der Waals surface area contributed by atoms with Gasteiger partial charge in [0, 0.05) is 99.8 Å². The molecule has 3 heteroatoms. The first-order valence-electron chi connectivity index (χ1n) is 16.7. The van der Waals surface area contributed by atoms with E-state index >= 15 is 0 Å². The molecule has 5 rings (SSSR count). The Morgan fingerprint density at radius 2 is 1.20 bits per heavy atom. The van der Waals surface area contributed by atoms with Gasteiger partial charge in [0.15, 0.2) is 0 Å². The van der Waals surface area contributed by atoms with Crippen LogP contribution in [0.15, 0.2) is 101 Å². The van der Waals surface area contributed by atoms with Crippen LogP contribution in [-0.2, 0) is 5.41 Å². The summed E-state index contributed by atoms with van der Waals surface area (Å²) in [4.78, 5) is 0. The van der Waals surface area contributed by atoms with Crippen molar-refractivity contribution in [1.29, 1.82) is 0 Å². The van der Waals surface area contributed by atoms with E-state index in [2.05, 4.69) is 192 Å². The maximum atomic E-state index is 7.00. The predicted molar refractivity (Wildman–Crippen MR) is 223 cm³/mol. The third-order valence-electron chi connectivity index (χ3n) is 8.10. The number of rotatable bonds is 4. The predicted octanol–water partition coefficient (Wildman–Crippen LogP) is 8.07. The van der Waals surface area contributed by atoms with Gasteiger partial charge < -0.3 is 5.32 Å². The molecule has 0 unspecified atom stereocenters. The van der Waals surface area contributed by atoms with Crippen LogP contribution in [-0.4, -0.2) is 10.3 Å². The molecule has 3 aromatic rings. The first-order valence-corrected chi connectivity index (χ1v) is 17.1. The average Bonchev–Trinajstić information content (AvgIpc) is 3.41. The highest BCUT2D eigenvalue weighted by atomic mass is 35.5. The van der Waals surface area contributed by atoms with E-state index in [1.54, 1.807) is 0 Å². The van der Waals surface area contributed by atoms with Crippen molar-refractivity contribution in [2.24, 2.45) is 0 Å². The summed E-state index contributed by atoms with van der Waals surface area (Å²) in [7, 11) is 0. The zero-order valence-electron chi connectivity index (χ0n) is 29.6. The molecule has 0 aromatic heterocycles. The third-order valence-corrected chi connectivity index (χ3v) is 8.59. The molecule has 1 aliphatic carbocycles. The number of hydrogen-bond donors (Lipinski definition) is 1. The monoisotopic (exact) mass is 703 g/mol. The fourth-order valence-electron chi connectivity index (χ4n) is 5.77. The second-order valence-corrected chi connectivity index (χ2v) is 12.2. The Bertz CT molecular complexity index is 2860. The van der Waals surface area contributed by atoms with E-state index in [1.165, 1.54) is 16.3 Å². The van der Waals surface area contributed by atoms with Crippen LogP contribution in [0.5, 0.6) is 0 Å². The number of terminal acetylenes is 1. The van der Waals surface area contributed by atoms with Crippen LogP contribution in [0, 0.1) is 131 Å². The maximum absolute atomic E-state index is 7.00. The molecule has 248 valence electrons. The minimum atomic E-state index is -0.348. The minimum Gasteiger partial charge on any atom is -0.361 e. The number of hydrogen-bond acceptors (Lipinski definition) is 1. The molecule has 0 fully saturated rings. The Morgan fingerprint density at radius 1 is 0.648 bits per heavy atom. The van der Waals surface area contributed by atoms with Crippen LogP contribution in [0.25, 0.3) is 10.8 Å². The fraction of sp³-hybridized carbons (Fsp3) is 0.118. The van der Waals surface area contributed by atoms with E-state index in [9.17, 15) is 0 Å². The number of allylic oxidation sites excluding steroid dienone is 5. The van der Waals surface area contributed by atoms with Crippen molar-refractivity contribution in [3.05, 3.63) is 107 Å². The molecule has 0 atom stereocenters. The molecule has 54 heavy (non-hydrogen) atoms. The molecular weight excluding hydrogens is 676 g/mol. The Labute approximate surface area is 324 Å². The zero-order valence-corrected chi connectivity index (χ0v) is 30.4. The minimum absolute atomic E-state index is 0.348. The van der Waals surface area contributed by atoms with Crippen LogP contribution >= 0.6 is 11.6 Å². The Balaban J connectivity index is 1.36. The quantitative estimate of drug-likeness (QED) is 0.215. The van der Waals surface area contributed by atoms with Crippen LogP contribution in [0.4, 0.5) is 11.4 Å². The van der Waals surface area contributed by atoms with E-state index in [0.29, 0.717) is 0 Å². The third kappa shape index (κ3) is 10.1. The smallest absolute Gasteiger partial charge is 0.243 e. The highest BCUT2D eigenvalue weighted by molar-refractivity contribution is 6.32. The van der Waals surface area contributed by atoms with Crippen molar-refractivity contribution in [2.45, 2.75) is 38.5 Å². The van der Waals surface area contributed by atoms with Crippen LogP contribution in [0.2, 0.25) is 0 Å². The van der Waals surface area contributed by atoms with Gasteiger partial charge >= 0.3 is 0 Å². The molecule has 3 aromatic carbocycles. The summed E-state index contributed by atoms with van der Waals surface area (Å²) in [6.07, 6.45) is 14.1. The molecule has 0 spiro atoms. The summed E-state index contributed by atoms with van der Waals surface area (Å²) in [6.45, 7) is 4.47. The number of fused-ring (bicyclic) bond motifs is 3. The summed E-state index contributed by atoms with van der Waals surface area (Å²) >= 11 is 7.00. The normalized spacial score (nSPS) is 13.2.